The van der Waals surface area contributed by atoms with Crippen molar-refractivity contribution in [2.75, 3.05) is 12.8 Å². The van der Waals surface area contributed by atoms with Gasteiger partial charge in [0.25, 0.3) is 11.6 Å². The first-order valence-corrected chi connectivity index (χ1v) is 8.27. The first kappa shape index (κ1) is 15.3. The molecule has 1 aromatic rings. The summed E-state index contributed by atoms with van der Waals surface area (Å²) in [5.41, 5.74) is 0.204. The Morgan fingerprint density at radius 2 is 2.25 bits per heavy atom. The highest BCUT2D eigenvalue weighted by molar-refractivity contribution is 9.10. The normalized spacial score (nSPS) is 16.3. The summed E-state index contributed by atoms with van der Waals surface area (Å²) in [6, 6.07) is 4.47. The molecule has 1 fully saturated rings. The van der Waals surface area contributed by atoms with E-state index >= 15 is 0 Å². The topological polar surface area (TPSA) is 72.2 Å². The summed E-state index contributed by atoms with van der Waals surface area (Å²) in [5, 5.41) is 13.7. The summed E-state index contributed by atoms with van der Waals surface area (Å²) < 4.78 is 0.373. The predicted molar refractivity (Wildman–Crippen MR) is 83.2 cm³/mol. The van der Waals surface area contributed by atoms with Crippen LogP contribution in [0.4, 0.5) is 5.69 Å². The van der Waals surface area contributed by atoms with Crippen LogP contribution in [-0.2, 0) is 0 Å². The van der Waals surface area contributed by atoms with Crippen LogP contribution in [0.25, 0.3) is 0 Å². The molecule has 2 rings (SSSR count). The molecule has 1 aliphatic rings. The van der Waals surface area contributed by atoms with Crippen LogP contribution >= 0.6 is 27.7 Å². The zero-order chi connectivity index (χ0) is 14.8. The Bertz CT molecular complexity index is 541. The fraction of sp³-hybridized carbons (Fsp3) is 0.462. The lowest BCUT2D eigenvalue weighted by atomic mass is 9.84. The summed E-state index contributed by atoms with van der Waals surface area (Å²) in [7, 11) is 0. The van der Waals surface area contributed by atoms with Crippen molar-refractivity contribution in [3.05, 3.63) is 38.3 Å². The Labute approximate surface area is 129 Å². The quantitative estimate of drug-likeness (QED) is 0.646. The van der Waals surface area contributed by atoms with E-state index in [1.807, 2.05) is 0 Å². The van der Waals surface area contributed by atoms with Crippen molar-refractivity contribution in [3.63, 3.8) is 0 Å². The SMILES string of the molecule is CSC1(CNC(=O)c2cccc([N+](=O)[O-])c2Br)CCC1. The second-order valence-corrected chi connectivity index (χ2v) is 6.89. The van der Waals surface area contributed by atoms with E-state index in [4.69, 9.17) is 0 Å². The van der Waals surface area contributed by atoms with Gasteiger partial charge < -0.3 is 5.32 Å². The van der Waals surface area contributed by atoms with E-state index in [0.717, 1.165) is 12.8 Å². The number of amides is 1. The Balaban J connectivity index is 2.10. The third-order valence-corrected chi connectivity index (χ3v) is 5.94. The van der Waals surface area contributed by atoms with Gasteiger partial charge in [-0.1, -0.05) is 12.5 Å². The number of hydrogen-bond acceptors (Lipinski definition) is 4. The van der Waals surface area contributed by atoms with Gasteiger partial charge in [-0.05, 0) is 41.1 Å². The zero-order valence-electron chi connectivity index (χ0n) is 11.0. The van der Waals surface area contributed by atoms with Crippen LogP contribution in [0.2, 0.25) is 0 Å². The minimum absolute atomic E-state index is 0.0964. The molecule has 7 heteroatoms. The fourth-order valence-corrected chi connectivity index (χ4v) is 3.70. The molecule has 0 heterocycles. The van der Waals surface area contributed by atoms with Crippen LogP contribution in [0.1, 0.15) is 29.6 Å². The van der Waals surface area contributed by atoms with E-state index in [-0.39, 0.29) is 20.8 Å². The molecule has 0 unspecified atom stereocenters. The van der Waals surface area contributed by atoms with Crippen molar-refractivity contribution in [2.45, 2.75) is 24.0 Å². The Morgan fingerprint density at radius 1 is 1.55 bits per heavy atom. The molecule has 0 bridgehead atoms. The smallest absolute Gasteiger partial charge is 0.284 e. The lowest BCUT2D eigenvalue weighted by molar-refractivity contribution is -0.385. The van der Waals surface area contributed by atoms with Crippen LogP contribution < -0.4 is 5.32 Å². The maximum atomic E-state index is 12.2. The number of halogens is 1. The van der Waals surface area contributed by atoms with Gasteiger partial charge in [-0.2, -0.15) is 11.8 Å². The van der Waals surface area contributed by atoms with Crippen LogP contribution in [0.5, 0.6) is 0 Å². The van der Waals surface area contributed by atoms with Gasteiger partial charge in [0, 0.05) is 17.4 Å². The Hall–Kier alpha value is -1.08. The molecular formula is C13H15BrN2O3S. The summed E-state index contributed by atoms with van der Waals surface area (Å²) >= 11 is 4.92. The monoisotopic (exact) mass is 358 g/mol. The number of nitrogens with zero attached hydrogens (tertiary/aromatic N) is 1. The largest absolute Gasteiger partial charge is 0.351 e. The predicted octanol–water partition coefficient (Wildman–Crippen LogP) is 3.37. The van der Waals surface area contributed by atoms with E-state index in [0.29, 0.717) is 12.1 Å². The standard InChI is InChI=1S/C13H15BrN2O3S/c1-20-13(6-3-7-13)8-15-12(17)9-4-2-5-10(11(9)14)16(18)19/h2,4-5H,3,6-8H2,1H3,(H,15,17). The van der Waals surface area contributed by atoms with Crippen molar-refractivity contribution in [1.29, 1.82) is 0 Å². The minimum atomic E-state index is -0.504. The second kappa shape index (κ2) is 6.13. The molecule has 0 aliphatic heterocycles. The molecule has 1 N–H and O–H groups in total. The van der Waals surface area contributed by atoms with Gasteiger partial charge in [-0.25, -0.2) is 0 Å². The van der Waals surface area contributed by atoms with E-state index in [2.05, 4.69) is 27.5 Å². The van der Waals surface area contributed by atoms with E-state index in [1.54, 1.807) is 17.8 Å². The number of hydrogen-bond donors (Lipinski definition) is 1. The minimum Gasteiger partial charge on any atom is -0.351 e. The van der Waals surface area contributed by atoms with Crippen LogP contribution in [0.3, 0.4) is 0 Å². The molecule has 0 radical (unpaired) electrons. The molecule has 0 spiro atoms. The van der Waals surface area contributed by atoms with E-state index < -0.39 is 4.92 Å². The summed E-state index contributed by atoms with van der Waals surface area (Å²) in [4.78, 5) is 22.5. The Kier molecular flexibility index (Phi) is 4.70. The fourth-order valence-electron chi connectivity index (χ4n) is 2.20. The molecule has 1 aliphatic carbocycles. The lowest BCUT2D eigenvalue weighted by Crippen LogP contribution is -2.45. The third-order valence-electron chi connectivity index (χ3n) is 3.69. The average molecular weight is 359 g/mol. The third kappa shape index (κ3) is 2.98. The van der Waals surface area contributed by atoms with Crippen molar-refractivity contribution in [2.24, 2.45) is 0 Å². The molecule has 1 amide bonds. The van der Waals surface area contributed by atoms with Gasteiger partial charge in [0.1, 0.15) is 4.47 Å². The number of nitro groups is 1. The second-order valence-electron chi connectivity index (χ2n) is 4.82. The first-order chi connectivity index (χ1) is 9.49. The molecule has 1 saturated carbocycles. The lowest BCUT2D eigenvalue weighted by Gasteiger charge is -2.40. The highest BCUT2D eigenvalue weighted by Gasteiger charge is 2.36. The van der Waals surface area contributed by atoms with Crippen LogP contribution in [0, 0.1) is 10.1 Å². The molecule has 20 heavy (non-hydrogen) atoms. The summed E-state index contributed by atoms with van der Waals surface area (Å²) in [5.74, 6) is -0.277. The molecule has 0 aromatic heterocycles. The average Bonchev–Trinajstić information content (AvgIpc) is 2.37. The summed E-state index contributed by atoms with van der Waals surface area (Å²) in [6.07, 6.45) is 5.45. The van der Waals surface area contributed by atoms with E-state index in [9.17, 15) is 14.9 Å². The molecule has 0 saturated heterocycles. The number of carbonyl (C=O) groups excluding carboxylic acids is 1. The van der Waals surface area contributed by atoms with E-state index in [1.165, 1.54) is 18.6 Å². The number of carbonyl (C=O) groups is 1. The van der Waals surface area contributed by atoms with Gasteiger partial charge >= 0.3 is 0 Å². The maximum absolute atomic E-state index is 12.2. The highest BCUT2D eigenvalue weighted by atomic mass is 79.9. The van der Waals surface area contributed by atoms with Gasteiger partial charge in [0.05, 0.1) is 10.5 Å². The molecule has 1 aromatic carbocycles. The van der Waals surface area contributed by atoms with Crippen molar-refractivity contribution in [3.8, 4) is 0 Å². The number of nitrogens with one attached hydrogen (secondary N) is 1. The number of rotatable bonds is 5. The Morgan fingerprint density at radius 3 is 2.75 bits per heavy atom. The summed E-state index contributed by atoms with van der Waals surface area (Å²) in [6.45, 7) is 0.599. The molecule has 108 valence electrons. The number of thioether (sulfide) groups is 1. The van der Waals surface area contributed by atoms with Gasteiger partial charge in [0.2, 0.25) is 0 Å². The van der Waals surface area contributed by atoms with Crippen LogP contribution in [-0.4, -0.2) is 28.4 Å². The van der Waals surface area contributed by atoms with Gasteiger partial charge in [-0.15, -0.1) is 0 Å². The number of nitro benzene ring substituents is 1. The maximum Gasteiger partial charge on any atom is 0.284 e. The molecule has 0 atom stereocenters. The highest BCUT2D eigenvalue weighted by Crippen LogP contribution is 2.42. The molecular weight excluding hydrogens is 344 g/mol. The van der Waals surface area contributed by atoms with Crippen molar-refractivity contribution < 1.29 is 9.72 Å². The molecule has 5 nitrogen and oxygen atoms in total. The van der Waals surface area contributed by atoms with Crippen LogP contribution in [0.15, 0.2) is 22.7 Å². The first-order valence-electron chi connectivity index (χ1n) is 6.25. The van der Waals surface area contributed by atoms with Crippen molar-refractivity contribution in [1.82, 2.24) is 5.32 Å². The number of benzene rings is 1. The van der Waals surface area contributed by atoms with Gasteiger partial charge in [-0.3, -0.25) is 14.9 Å². The zero-order valence-corrected chi connectivity index (χ0v) is 13.4. The van der Waals surface area contributed by atoms with Crippen molar-refractivity contribution >= 4 is 39.3 Å². The van der Waals surface area contributed by atoms with Gasteiger partial charge in [0.15, 0.2) is 0 Å².